The molecule has 8 nitrogen and oxygen atoms in total. The van der Waals surface area contributed by atoms with Crippen molar-refractivity contribution in [2.24, 2.45) is 0 Å². The topological polar surface area (TPSA) is 99.2 Å². The van der Waals surface area contributed by atoms with Gasteiger partial charge in [0.1, 0.15) is 0 Å². The van der Waals surface area contributed by atoms with Gasteiger partial charge in [0.05, 0.1) is 17.5 Å². The quantitative estimate of drug-likeness (QED) is 0.543. The number of esters is 1. The number of ketones is 1. The summed E-state index contributed by atoms with van der Waals surface area (Å²) in [6, 6.07) is 9.51. The Morgan fingerprint density at radius 3 is 2.62 bits per heavy atom. The first-order valence-corrected chi connectivity index (χ1v) is 10.9. The molecule has 0 N–H and O–H groups in total. The molecule has 2 heterocycles. The number of sulfonamides is 1. The zero-order valence-electron chi connectivity index (χ0n) is 15.7. The lowest BCUT2D eigenvalue weighted by Gasteiger charge is -2.29. The van der Waals surface area contributed by atoms with Crippen molar-refractivity contribution in [3.05, 3.63) is 53.1 Å². The van der Waals surface area contributed by atoms with Crippen molar-refractivity contribution in [3.8, 4) is 11.5 Å². The first-order valence-electron chi connectivity index (χ1n) is 9.03. The number of ether oxygens (including phenoxy) is 3. The minimum atomic E-state index is -3.38. The van der Waals surface area contributed by atoms with Crippen LogP contribution in [0.5, 0.6) is 11.5 Å². The van der Waals surface area contributed by atoms with Gasteiger partial charge in [0.25, 0.3) is 0 Å². The summed E-state index contributed by atoms with van der Waals surface area (Å²) in [5.41, 5.74) is 1.97. The molecule has 4 rings (SSSR count). The minimum Gasteiger partial charge on any atom is -0.454 e. The van der Waals surface area contributed by atoms with Gasteiger partial charge in [0, 0.05) is 12.1 Å². The Bertz CT molecular complexity index is 1090. The Labute approximate surface area is 168 Å². The summed E-state index contributed by atoms with van der Waals surface area (Å²) < 4.78 is 40.8. The maximum absolute atomic E-state index is 12.4. The van der Waals surface area contributed by atoms with E-state index in [4.69, 9.17) is 14.2 Å². The van der Waals surface area contributed by atoms with Crippen molar-refractivity contribution < 1.29 is 32.2 Å². The van der Waals surface area contributed by atoms with Gasteiger partial charge in [-0.25, -0.2) is 13.2 Å². The van der Waals surface area contributed by atoms with E-state index in [2.05, 4.69) is 0 Å². The average molecular weight is 417 g/mol. The van der Waals surface area contributed by atoms with Crippen molar-refractivity contribution in [1.29, 1.82) is 0 Å². The summed E-state index contributed by atoms with van der Waals surface area (Å²) in [5.74, 6) is 0.0410. The van der Waals surface area contributed by atoms with Crippen LogP contribution in [0.25, 0.3) is 0 Å². The highest BCUT2D eigenvalue weighted by atomic mass is 32.2. The molecule has 0 atom stereocenters. The summed E-state index contributed by atoms with van der Waals surface area (Å²) in [4.78, 5) is 24.7. The third kappa shape index (κ3) is 3.91. The molecule has 0 aliphatic carbocycles. The van der Waals surface area contributed by atoms with E-state index in [0.717, 1.165) is 11.8 Å². The lowest BCUT2D eigenvalue weighted by molar-refractivity contribution is 0.0474. The van der Waals surface area contributed by atoms with Crippen LogP contribution in [0.2, 0.25) is 0 Å². The lowest BCUT2D eigenvalue weighted by Crippen LogP contribution is -2.34. The van der Waals surface area contributed by atoms with E-state index in [1.165, 1.54) is 10.4 Å². The average Bonchev–Trinajstić information content (AvgIpc) is 3.18. The van der Waals surface area contributed by atoms with Gasteiger partial charge in [-0.3, -0.25) is 9.10 Å². The highest BCUT2D eigenvalue weighted by Gasteiger charge is 2.25. The molecule has 9 heteroatoms. The van der Waals surface area contributed by atoms with Gasteiger partial charge < -0.3 is 14.2 Å². The Morgan fingerprint density at radius 2 is 1.83 bits per heavy atom. The maximum Gasteiger partial charge on any atom is 0.338 e. The van der Waals surface area contributed by atoms with Gasteiger partial charge in [0.2, 0.25) is 16.8 Å². The Hall–Kier alpha value is -3.07. The zero-order valence-corrected chi connectivity index (χ0v) is 16.5. The van der Waals surface area contributed by atoms with Crippen molar-refractivity contribution in [1.82, 2.24) is 0 Å². The van der Waals surface area contributed by atoms with E-state index >= 15 is 0 Å². The SMILES string of the molecule is CS(=O)(=O)N1CCCc2cc(C(=O)OCC(=O)c3ccc4c(c3)OCO4)ccc21. The minimum absolute atomic E-state index is 0.108. The predicted octanol–water partition coefficient (Wildman–Crippen LogP) is 2.17. The van der Waals surface area contributed by atoms with Crippen LogP contribution in [-0.2, 0) is 21.2 Å². The lowest BCUT2D eigenvalue weighted by atomic mass is 10.0. The number of aryl methyl sites for hydroxylation is 1. The molecule has 0 spiro atoms. The molecule has 29 heavy (non-hydrogen) atoms. The van der Waals surface area contributed by atoms with Gasteiger partial charge in [-0.15, -0.1) is 0 Å². The fourth-order valence-corrected chi connectivity index (χ4v) is 4.40. The highest BCUT2D eigenvalue weighted by Crippen LogP contribution is 2.33. The molecule has 2 aliphatic rings. The molecule has 2 aromatic carbocycles. The molecule has 0 saturated heterocycles. The Morgan fingerprint density at radius 1 is 1.07 bits per heavy atom. The fraction of sp³-hybridized carbons (Fsp3) is 0.300. The van der Waals surface area contributed by atoms with Gasteiger partial charge in [0.15, 0.2) is 23.9 Å². The molecule has 0 radical (unpaired) electrons. The second-order valence-corrected chi connectivity index (χ2v) is 8.76. The van der Waals surface area contributed by atoms with Crippen molar-refractivity contribution >= 4 is 27.5 Å². The molecule has 152 valence electrons. The van der Waals surface area contributed by atoms with Crippen LogP contribution in [0.3, 0.4) is 0 Å². The van der Waals surface area contributed by atoms with E-state index in [1.807, 2.05) is 0 Å². The van der Waals surface area contributed by atoms with E-state index in [0.29, 0.717) is 42.1 Å². The van der Waals surface area contributed by atoms with Crippen LogP contribution in [0.4, 0.5) is 5.69 Å². The molecule has 0 fully saturated rings. The number of nitrogens with zero attached hydrogens (tertiary/aromatic N) is 1. The second-order valence-electron chi connectivity index (χ2n) is 6.85. The summed E-state index contributed by atoms with van der Waals surface area (Å²) in [6.07, 6.45) is 2.49. The first-order chi connectivity index (χ1) is 13.8. The number of fused-ring (bicyclic) bond motifs is 2. The Kier molecular flexibility index (Phi) is 4.91. The number of rotatable bonds is 5. The summed E-state index contributed by atoms with van der Waals surface area (Å²) in [5, 5.41) is 0. The van der Waals surface area contributed by atoms with Crippen molar-refractivity contribution in [2.75, 3.05) is 30.5 Å². The number of hydrogen-bond donors (Lipinski definition) is 0. The largest absolute Gasteiger partial charge is 0.454 e. The molecule has 0 bridgehead atoms. The van der Waals surface area contributed by atoms with Gasteiger partial charge in [-0.05, 0) is 54.8 Å². The number of hydrogen-bond acceptors (Lipinski definition) is 7. The van der Waals surface area contributed by atoms with Gasteiger partial charge in [-0.1, -0.05) is 0 Å². The predicted molar refractivity (Wildman–Crippen MR) is 104 cm³/mol. The number of carbonyl (C=O) groups is 2. The molecular weight excluding hydrogens is 398 g/mol. The normalized spacial score (nSPS) is 15.0. The van der Waals surface area contributed by atoms with Crippen LogP contribution in [0.1, 0.15) is 32.7 Å². The van der Waals surface area contributed by atoms with Crippen LogP contribution in [0, 0.1) is 0 Å². The smallest absolute Gasteiger partial charge is 0.338 e. The summed E-state index contributed by atoms with van der Waals surface area (Å²) in [6.45, 7) is 0.113. The van der Waals surface area contributed by atoms with E-state index in [1.54, 1.807) is 30.3 Å². The second kappa shape index (κ2) is 7.40. The van der Waals surface area contributed by atoms with Gasteiger partial charge >= 0.3 is 5.97 Å². The molecular formula is C20H19NO7S. The first kappa shape index (κ1) is 19.3. The van der Waals surface area contributed by atoms with Crippen molar-refractivity contribution in [3.63, 3.8) is 0 Å². The summed E-state index contributed by atoms with van der Waals surface area (Å²) >= 11 is 0. The molecule has 0 aromatic heterocycles. The number of benzene rings is 2. The molecule has 0 saturated carbocycles. The van der Waals surface area contributed by atoms with Gasteiger partial charge in [-0.2, -0.15) is 0 Å². The van der Waals surface area contributed by atoms with Crippen LogP contribution < -0.4 is 13.8 Å². The van der Waals surface area contributed by atoms with Crippen LogP contribution in [-0.4, -0.2) is 46.4 Å². The van der Waals surface area contributed by atoms with Crippen molar-refractivity contribution in [2.45, 2.75) is 12.8 Å². The van der Waals surface area contributed by atoms with E-state index in [9.17, 15) is 18.0 Å². The van der Waals surface area contributed by atoms with E-state index in [-0.39, 0.29) is 18.1 Å². The van der Waals surface area contributed by atoms with Crippen LogP contribution >= 0.6 is 0 Å². The zero-order chi connectivity index (χ0) is 20.6. The Balaban J connectivity index is 1.44. The molecule has 2 aromatic rings. The third-order valence-electron chi connectivity index (χ3n) is 4.82. The third-order valence-corrected chi connectivity index (χ3v) is 6.00. The summed E-state index contributed by atoms with van der Waals surface area (Å²) in [7, 11) is -3.38. The maximum atomic E-state index is 12.4. The molecule has 0 amide bonds. The monoisotopic (exact) mass is 417 g/mol. The fourth-order valence-electron chi connectivity index (χ4n) is 3.40. The number of Topliss-reactive ketones (excluding diaryl/α,β-unsaturated/α-hetero) is 1. The van der Waals surface area contributed by atoms with E-state index < -0.39 is 22.6 Å². The number of carbonyl (C=O) groups excluding carboxylic acids is 2. The standard InChI is InChI=1S/C20H19NO7S/c1-29(24,25)21-8-2-3-13-9-15(4-6-16(13)21)20(23)26-11-17(22)14-5-7-18-19(10-14)28-12-27-18/h4-7,9-10H,2-3,8,11-12H2,1H3. The highest BCUT2D eigenvalue weighted by molar-refractivity contribution is 7.92. The number of anilines is 1. The molecule has 0 unspecified atom stereocenters. The van der Waals surface area contributed by atoms with Crippen LogP contribution in [0.15, 0.2) is 36.4 Å². The molecule has 2 aliphatic heterocycles.